The fraction of sp³-hybridized carbons (Fsp3) is 0.667. The van der Waals surface area contributed by atoms with E-state index in [2.05, 4.69) is 19.1 Å². The van der Waals surface area contributed by atoms with E-state index in [1.54, 1.807) is 0 Å². The highest BCUT2D eigenvalue weighted by Crippen LogP contribution is 2.21. The van der Waals surface area contributed by atoms with E-state index in [1.807, 2.05) is 0 Å². The SMILES string of the molecule is CC1=CCC(CC2=CCOCC2)OC1. The van der Waals surface area contributed by atoms with E-state index in [0.717, 1.165) is 39.1 Å². The lowest BCUT2D eigenvalue weighted by Gasteiger charge is -2.23. The van der Waals surface area contributed by atoms with Crippen molar-refractivity contribution in [3.05, 3.63) is 23.3 Å². The Bertz CT molecular complexity index is 253. The van der Waals surface area contributed by atoms with Crippen LogP contribution in [0.15, 0.2) is 23.3 Å². The Labute approximate surface area is 85.6 Å². The van der Waals surface area contributed by atoms with Gasteiger partial charge in [-0.1, -0.05) is 23.3 Å². The highest BCUT2D eigenvalue weighted by molar-refractivity contribution is 5.09. The predicted molar refractivity (Wildman–Crippen MR) is 56.3 cm³/mol. The molecule has 2 nitrogen and oxygen atoms in total. The molecular formula is C12H18O2. The number of rotatable bonds is 2. The zero-order valence-corrected chi connectivity index (χ0v) is 8.79. The molecule has 0 bridgehead atoms. The summed E-state index contributed by atoms with van der Waals surface area (Å²) in [5.41, 5.74) is 2.87. The molecule has 78 valence electrons. The van der Waals surface area contributed by atoms with Gasteiger partial charge in [-0.3, -0.25) is 0 Å². The fourth-order valence-corrected chi connectivity index (χ4v) is 1.89. The zero-order valence-electron chi connectivity index (χ0n) is 8.79. The molecule has 1 unspecified atom stereocenters. The summed E-state index contributed by atoms with van der Waals surface area (Å²) in [6, 6.07) is 0. The van der Waals surface area contributed by atoms with Gasteiger partial charge in [-0.15, -0.1) is 0 Å². The molecule has 2 rings (SSSR count). The quantitative estimate of drug-likeness (QED) is 0.629. The van der Waals surface area contributed by atoms with E-state index in [4.69, 9.17) is 9.47 Å². The maximum atomic E-state index is 5.74. The summed E-state index contributed by atoms with van der Waals surface area (Å²) in [4.78, 5) is 0. The molecule has 0 amide bonds. The second-order valence-electron chi connectivity index (χ2n) is 4.11. The average molecular weight is 194 g/mol. The monoisotopic (exact) mass is 194 g/mol. The Morgan fingerprint density at radius 3 is 3.00 bits per heavy atom. The van der Waals surface area contributed by atoms with Crippen molar-refractivity contribution in [1.29, 1.82) is 0 Å². The maximum Gasteiger partial charge on any atom is 0.0678 e. The molecule has 0 aromatic heterocycles. The topological polar surface area (TPSA) is 18.5 Å². The molecule has 2 heterocycles. The van der Waals surface area contributed by atoms with Crippen LogP contribution in [0.5, 0.6) is 0 Å². The minimum atomic E-state index is 0.406. The third kappa shape index (κ3) is 2.69. The van der Waals surface area contributed by atoms with E-state index < -0.39 is 0 Å². The van der Waals surface area contributed by atoms with Gasteiger partial charge >= 0.3 is 0 Å². The molecule has 0 fully saturated rings. The van der Waals surface area contributed by atoms with E-state index >= 15 is 0 Å². The first kappa shape index (κ1) is 9.94. The summed E-state index contributed by atoms with van der Waals surface area (Å²) >= 11 is 0. The highest BCUT2D eigenvalue weighted by atomic mass is 16.5. The second kappa shape index (κ2) is 4.76. The van der Waals surface area contributed by atoms with Gasteiger partial charge < -0.3 is 9.47 Å². The van der Waals surface area contributed by atoms with Crippen LogP contribution in [-0.2, 0) is 9.47 Å². The largest absolute Gasteiger partial charge is 0.377 e. The average Bonchev–Trinajstić information content (AvgIpc) is 2.23. The van der Waals surface area contributed by atoms with Crippen LogP contribution >= 0.6 is 0 Å². The van der Waals surface area contributed by atoms with Crippen LogP contribution in [0.3, 0.4) is 0 Å². The second-order valence-corrected chi connectivity index (χ2v) is 4.11. The third-order valence-electron chi connectivity index (χ3n) is 2.82. The van der Waals surface area contributed by atoms with Crippen LogP contribution in [0.25, 0.3) is 0 Å². The molecule has 2 aliphatic heterocycles. The van der Waals surface area contributed by atoms with Gasteiger partial charge in [0.05, 0.1) is 25.9 Å². The van der Waals surface area contributed by atoms with E-state index in [1.165, 1.54) is 11.1 Å². The van der Waals surface area contributed by atoms with Crippen molar-refractivity contribution in [3.8, 4) is 0 Å². The summed E-state index contributed by atoms with van der Waals surface area (Å²) < 4.78 is 11.0. The van der Waals surface area contributed by atoms with E-state index in [0.29, 0.717) is 6.10 Å². The Balaban J connectivity index is 1.83. The Kier molecular flexibility index (Phi) is 3.38. The van der Waals surface area contributed by atoms with Crippen LogP contribution in [0, 0.1) is 0 Å². The van der Waals surface area contributed by atoms with Crippen molar-refractivity contribution in [2.24, 2.45) is 0 Å². The number of ether oxygens (including phenoxy) is 2. The Morgan fingerprint density at radius 1 is 1.43 bits per heavy atom. The molecular weight excluding hydrogens is 176 g/mol. The van der Waals surface area contributed by atoms with Crippen LogP contribution in [-0.4, -0.2) is 25.9 Å². The van der Waals surface area contributed by atoms with E-state index in [9.17, 15) is 0 Å². The molecule has 14 heavy (non-hydrogen) atoms. The summed E-state index contributed by atoms with van der Waals surface area (Å²) in [6.45, 7) is 4.61. The van der Waals surface area contributed by atoms with Crippen LogP contribution < -0.4 is 0 Å². The van der Waals surface area contributed by atoms with Crippen LogP contribution in [0.2, 0.25) is 0 Å². The van der Waals surface area contributed by atoms with Gasteiger partial charge in [0, 0.05) is 0 Å². The highest BCUT2D eigenvalue weighted by Gasteiger charge is 2.15. The number of hydrogen-bond donors (Lipinski definition) is 0. The van der Waals surface area contributed by atoms with Gasteiger partial charge in [-0.05, 0) is 26.2 Å². The first-order chi connectivity index (χ1) is 6.84. The standard InChI is InChI=1S/C12H18O2/c1-10-2-3-12(14-9-10)8-11-4-6-13-7-5-11/h2,4,12H,3,5-9H2,1H3. The molecule has 0 N–H and O–H groups in total. The lowest BCUT2D eigenvalue weighted by molar-refractivity contribution is 0.0594. The number of hydrogen-bond acceptors (Lipinski definition) is 2. The lowest BCUT2D eigenvalue weighted by atomic mass is 10.00. The summed E-state index contributed by atoms with van der Waals surface area (Å²) in [6.07, 6.45) is 8.16. The van der Waals surface area contributed by atoms with Crippen LogP contribution in [0.4, 0.5) is 0 Å². The molecule has 1 atom stereocenters. The van der Waals surface area contributed by atoms with Gasteiger partial charge in [0.25, 0.3) is 0 Å². The van der Waals surface area contributed by atoms with Gasteiger partial charge in [0.2, 0.25) is 0 Å². The summed E-state index contributed by atoms with van der Waals surface area (Å²) in [7, 11) is 0. The minimum Gasteiger partial charge on any atom is -0.377 e. The normalized spacial score (nSPS) is 28.2. The van der Waals surface area contributed by atoms with Crippen molar-refractivity contribution < 1.29 is 9.47 Å². The summed E-state index contributed by atoms with van der Waals surface area (Å²) in [5, 5.41) is 0. The van der Waals surface area contributed by atoms with Crippen molar-refractivity contribution in [2.45, 2.75) is 32.3 Å². The summed E-state index contributed by atoms with van der Waals surface area (Å²) in [5.74, 6) is 0. The smallest absolute Gasteiger partial charge is 0.0678 e. The zero-order chi connectivity index (χ0) is 9.80. The molecule has 2 aliphatic rings. The molecule has 0 saturated carbocycles. The van der Waals surface area contributed by atoms with Crippen molar-refractivity contribution in [2.75, 3.05) is 19.8 Å². The van der Waals surface area contributed by atoms with Gasteiger partial charge in [0.1, 0.15) is 0 Å². The maximum absolute atomic E-state index is 5.74. The Hall–Kier alpha value is -0.600. The molecule has 0 aromatic rings. The molecule has 2 heteroatoms. The fourth-order valence-electron chi connectivity index (χ4n) is 1.89. The molecule has 0 aromatic carbocycles. The minimum absolute atomic E-state index is 0.406. The van der Waals surface area contributed by atoms with Crippen molar-refractivity contribution in [1.82, 2.24) is 0 Å². The van der Waals surface area contributed by atoms with Crippen LogP contribution in [0.1, 0.15) is 26.2 Å². The Morgan fingerprint density at radius 2 is 2.36 bits per heavy atom. The van der Waals surface area contributed by atoms with Gasteiger partial charge in [-0.2, -0.15) is 0 Å². The molecule has 0 radical (unpaired) electrons. The molecule has 0 aliphatic carbocycles. The van der Waals surface area contributed by atoms with Crippen molar-refractivity contribution >= 4 is 0 Å². The van der Waals surface area contributed by atoms with Gasteiger partial charge in [0.15, 0.2) is 0 Å². The third-order valence-corrected chi connectivity index (χ3v) is 2.82. The van der Waals surface area contributed by atoms with Crippen molar-refractivity contribution in [3.63, 3.8) is 0 Å². The predicted octanol–water partition coefficient (Wildman–Crippen LogP) is 2.46. The van der Waals surface area contributed by atoms with E-state index in [-0.39, 0.29) is 0 Å². The molecule has 0 saturated heterocycles. The first-order valence-corrected chi connectivity index (χ1v) is 5.37. The van der Waals surface area contributed by atoms with Gasteiger partial charge in [-0.25, -0.2) is 0 Å². The molecule has 0 spiro atoms. The first-order valence-electron chi connectivity index (χ1n) is 5.37. The lowest BCUT2D eigenvalue weighted by Crippen LogP contribution is -2.20.